The number of carbonyl (C=O) groups is 1. The van der Waals surface area contributed by atoms with Crippen molar-refractivity contribution in [2.45, 2.75) is 0 Å². The molecule has 3 heteroatoms. The molecule has 0 atom stereocenters. The van der Waals surface area contributed by atoms with Crippen LogP contribution in [-0.2, 0) is 4.79 Å². The number of hydrogen-bond acceptors (Lipinski definition) is 3. The van der Waals surface area contributed by atoms with Crippen molar-refractivity contribution in [2.75, 3.05) is 27.2 Å². The quantitative estimate of drug-likeness (QED) is 0.401. The summed E-state index contributed by atoms with van der Waals surface area (Å²) in [5.41, 5.74) is 0. The maximum absolute atomic E-state index is 9.72. The smallest absolute Gasteiger partial charge is 0.138 e. The monoisotopic (exact) mass is 129 g/mol. The van der Waals surface area contributed by atoms with E-state index in [1.54, 1.807) is 0 Å². The second-order valence-electron chi connectivity index (χ2n) is 2.06. The molecule has 53 valence electrons. The van der Waals surface area contributed by atoms with E-state index < -0.39 is 0 Å². The summed E-state index contributed by atoms with van der Waals surface area (Å²) < 4.78 is 0. The predicted octanol–water partition coefficient (Wildman–Crippen LogP) is -0.502. The van der Waals surface area contributed by atoms with Crippen molar-refractivity contribution in [1.29, 1.82) is 0 Å². The van der Waals surface area contributed by atoms with E-state index in [4.69, 9.17) is 0 Å². The van der Waals surface area contributed by atoms with Crippen LogP contribution in [-0.4, -0.2) is 38.4 Å². The van der Waals surface area contributed by atoms with Crippen LogP contribution < -0.4 is 5.32 Å². The van der Waals surface area contributed by atoms with E-state index in [1.165, 1.54) is 6.54 Å². The molecule has 0 spiro atoms. The molecule has 0 saturated carbocycles. The van der Waals surface area contributed by atoms with E-state index in [1.807, 2.05) is 19.0 Å². The normalized spacial score (nSPS) is 10.1. The lowest BCUT2D eigenvalue weighted by atomic mass is 10.5. The Morgan fingerprint density at radius 3 is 2.67 bits per heavy atom. The molecule has 0 aliphatic carbocycles. The Kier molecular flexibility index (Phi) is 5.46. The molecule has 1 N–H and O–H groups in total. The van der Waals surface area contributed by atoms with Crippen LogP contribution in [0.3, 0.4) is 0 Å². The van der Waals surface area contributed by atoms with E-state index in [-0.39, 0.29) is 0 Å². The number of carbonyl (C=O) groups excluding carboxylic acids is 1. The summed E-state index contributed by atoms with van der Waals surface area (Å²) in [6.07, 6.45) is 0.746. The molecule has 0 saturated heterocycles. The molecule has 0 unspecified atom stereocenters. The first-order valence-corrected chi connectivity index (χ1v) is 2.92. The van der Waals surface area contributed by atoms with Crippen LogP contribution in [0, 0.1) is 6.54 Å². The number of nitrogens with zero attached hydrogens (tertiary/aromatic N) is 1. The van der Waals surface area contributed by atoms with Crippen molar-refractivity contribution in [1.82, 2.24) is 10.2 Å². The van der Waals surface area contributed by atoms with Gasteiger partial charge in [-0.1, -0.05) is 0 Å². The average Bonchev–Trinajstić information content (AvgIpc) is 1.80. The highest BCUT2D eigenvalue weighted by Crippen LogP contribution is 1.69. The van der Waals surface area contributed by atoms with Gasteiger partial charge < -0.3 is 15.0 Å². The number of hydrogen-bond donors (Lipinski definition) is 1. The maximum Gasteiger partial charge on any atom is 0.138 e. The highest BCUT2D eigenvalue weighted by atomic mass is 16.1. The minimum Gasteiger partial charge on any atom is -0.308 e. The molecule has 0 aliphatic heterocycles. The number of nitrogens with one attached hydrogen (secondary N) is 1. The summed E-state index contributed by atoms with van der Waals surface area (Å²) in [7, 11) is 3.98. The van der Waals surface area contributed by atoms with Gasteiger partial charge in [0.25, 0.3) is 0 Å². The summed E-state index contributed by atoms with van der Waals surface area (Å²) >= 11 is 0. The highest BCUT2D eigenvalue weighted by Gasteiger charge is 1.87. The van der Waals surface area contributed by atoms with Crippen molar-refractivity contribution in [2.24, 2.45) is 0 Å². The third-order valence-corrected chi connectivity index (χ3v) is 0.889. The average molecular weight is 129 g/mol. The maximum atomic E-state index is 9.72. The topological polar surface area (TPSA) is 32.3 Å². The first kappa shape index (κ1) is 8.59. The summed E-state index contributed by atoms with van der Waals surface area (Å²) in [5, 5.41) is 2.83. The molecule has 0 heterocycles. The summed E-state index contributed by atoms with van der Waals surface area (Å²) in [5.74, 6) is 0. The van der Waals surface area contributed by atoms with E-state index in [2.05, 4.69) is 5.32 Å². The number of rotatable bonds is 5. The van der Waals surface area contributed by atoms with Crippen molar-refractivity contribution in [3.63, 3.8) is 0 Å². The van der Waals surface area contributed by atoms with E-state index >= 15 is 0 Å². The van der Waals surface area contributed by atoms with Gasteiger partial charge in [-0.25, -0.2) is 0 Å². The van der Waals surface area contributed by atoms with Gasteiger partial charge in [-0.05, 0) is 14.1 Å². The Balaban J connectivity index is 2.82. The lowest BCUT2D eigenvalue weighted by Gasteiger charge is -2.07. The second kappa shape index (κ2) is 5.72. The molecule has 0 bridgehead atoms. The highest BCUT2D eigenvalue weighted by molar-refractivity contribution is 5.59. The Labute approximate surface area is 56.0 Å². The molecule has 0 aromatic carbocycles. The molecular formula is C6H13N2O. The summed E-state index contributed by atoms with van der Waals surface area (Å²) in [4.78, 5) is 11.8. The second-order valence-corrected chi connectivity index (χ2v) is 2.06. The van der Waals surface area contributed by atoms with Crippen LogP contribution in [0.15, 0.2) is 0 Å². The van der Waals surface area contributed by atoms with E-state index in [0.717, 1.165) is 19.4 Å². The summed E-state index contributed by atoms with van der Waals surface area (Å²) in [6, 6.07) is 0. The minimum atomic E-state index is 0.746. The Bertz CT molecular complexity index is 73.5. The van der Waals surface area contributed by atoms with Crippen molar-refractivity contribution in [3.8, 4) is 0 Å². The minimum absolute atomic E-state index is 0.746. The first-order valence-electron chi connectivity index (χ1n) is 2.92. The third-order valence-electron chi connectivity index (χ3n) is 0.889. The third kappa shape index (κ3) is 7.59. The largest absolute Gasteiger partial charge is 0.308 e. The lowest BCUT2D eigenvalue weighted by molar-refractivity contribution is -0.105. The molecule has 9 heavy (non-hydrogen) atoms. The van der Waals surface area contributed by atoms with Gasteiger partial charge in [0.05, 0.1) is 6.54 Å². The van der Waals surface area contributed by atoms with Gasteiger partial charge in [-0.15, -0.1) is 0 Å². The van der Waals surface area contributed by atoms with Crippen molar-refractivity contribution in [3.05, 3.63) is 6.54 Å². The van der Waals surface area contributed by atoms with Gasteiger partial charge in [-0.3, -0.25) is 0 Å². The molecule has 0 aromatic heterocycles. The Hall–Kier alpha value is -0.410. The molecule has 0 aromatic rings. The van der Waals surface area contributed by atoms with Gasteiger partial charge in [-0.2, -0.15) is 0 Å². The zero-order valence-corrected chi connectivity index (χ0v) is 5.92. The van der Waals surface area contributed by atoms with Crippen LogP contribution >= 0.6 is 0 Å². The lowest BCUT2D eigenvalue weighted by Crippen LogP contribution is -2.25. The Morgan fingerprint density at radius 2 is 2.22 bits per heavy atom. The van der Waals surface area contributed by atoms with Gasteiger partial charge >= 0.3 is 0 Å². The molecular weight excluding hydrogens is 116 g/mol. The number of likely N-dealkylation sites (N-methyl/N-ethyl adjacent to an activating group) is 1. The van der Waals surface area contributed by atoms with Gasteiger partial charge in [0, 0.05) is 13.1 Å². The summed E-state index contributed by atoms with van der Waals surface area (Å²) in [6.45, 7) is 3.18. The zero-order valence-electron chi connectivity index (χ0n) is 5.92. The van der Waals surface area contributed by atoms with Gasteiger partial charge in [0.1, 0.15) is 6.29 Å². The zero-order chi connectivity index (χ0) is 7.11. The number of aldehydes is 1. The molecule has 1 radical (unpaired) electrons. The molecule has 3 nitrogen and oxygen atoms in total. The van der Waals surface area contributed by atoms with Crippen LogP contribution in [0.2, 0.25) is 0 Å². The first-order chi connectivity index (χ1) is 4.27. The molecule has 0 rings (SSSR count). The van der Waals surface area contributed by atoms with Crippen LogP contribution in [0.5, 0.6) is 0 Å². The van der Waals surface area contributed by atoms with Crippen molar-refractivity contribution >= 4 is 6.29 Å². The van der Waals surface area contributed by atoms with Crippen LogP contribution in [0.1, 0.15) is 0 Å². The van der Waals surface area contributed by atoms with Crippen LogP contribution in [0.25, 0.3) is 0 Å². The Morgan fingerprint density at radius 1 is 1.56 bits per heavy atom. The van der Waals surface area contributed by atoms with E-state index in [9.17, 15) is 4.79 Å². The van der Waals surface area contributed by atoms with Crippen LogP contribution in [0.4, 0.5) is 0 Å². The van der Waals surface area contributed by atoms with E-state index in [0.29, 0.717) is 0 Å². The molecule has 0 amide bonds. The molecule has 0 fully saturated rings. The fraction of sp³-hybridized carbons (Fsp3) is 0.667. The standard InChI is InChI=1S/C6H13N2O/c1-8(2)5-3-7-4-6-9/h4,6-7H,3,5H2,1-2H3. The van der Waals surface area contributed by atoms with Gasteiger partial charge in [0.2, 0.25) is 0 Å². The van der Waals surface area contributed by atoms with Crippen molar-refractivity contribution < 1.29 is 4.79 Å². The SMILES string of the molecule is CN(C)CCN[CH]C=O. The fourth-order valence-electron chi connectivity index (χ4n) is 0.420. The van der Waals surface area contributed by atoms with Gasteiger partial charge in [0.15, 0.2) is 0 Å². The predicted molar refractivity (Wildman–Crippen MR) is 36.9 cm³/mol. The molecule has 0 aliphatic rings. The fourth-order valence-corrected chi connectivity index (χ4v) is 0.420.